The number of hydrogen-bond acceptors (Lipinski definition) is 4. The molecule has 0 spiro atoms. The Morgan fingerprint density at radius 2 is 1.11 bits per heavy atom. The molecular weight excluding hydrogens is 751 g/mol. The Hall–Kier alpha value is -3.03. The van der Waals surface area contributed by atoms with E-state index >= 15 is 0 Å². The lowest BCUT2D eigenvalue weighted by molar-refractivity contribution is 0.120. The number of unbranched alkanes of at least 4 members (excludes halogenated alkanes) is 14. The van der Waals surface area contributed by atoms with E-state index in [2.05, 4.69) is 63.3 Å². The van der Waals surface area contributed by atoms with Gasteiger partial charge in [0, 0.05) is 22.1 Å². The summed E-state index contributed by atoms with van der Waals surface area (Å²) in [6, 6.07) is 31.1. The highest BCUT2D eigenvalue weighted by atomic mass is 35.5. The van der Waals surface area contributed by atoms with E-state index in [9.17, 15) is 4.39 Å². The van der Waals surface area contributed by atoms with E-state index in [4.69, 9.17) is 37.2 Å². The molecule has 8 heteroatoms. The first-order valence-corrected chi connectivity index (χ1v) is 22.5. The lowest BCUT2D eigenvalue weighted by atomic mass is 9.95. The molecule has 0 aliphatic carbocycles. The maximum atomic E-state index is 13.9. The molecule has 4 aromatic carbocycles. The van der Waals surface area contributed by atoms with Crippen LogP contribution < -0.4 is 14.6 Å². The Morgan fingerprint density at radius 1 is 0.596 bits per heavy atom. The zero-order valence-corrected chi connectivity index (χ0v) is 36.8. The van der Waals surface area contributed by atoms with Crippen molar-refractivity contribution in [3.63, 3.8) is 0 Å². The standard InChI is InChI=1S/C25H45N.C24H24BCl2FO3/c1-4-5-6-7-8-9-10-11-12-13-14-15-19-22-25(2,3)26-23-24-20-17-16-18-21-24;1-2-3-4-14-24(18-8-5-11-21(28)15-18)31-25(29-22-12-6-9-19(26)16-22)30-23-13-7-10-20(27)17-23/h16-18,20-21,26H,4-15,19,22-23H2,1-3H3;5-13,15-17,24H,2-4,14H2,1H3. The van der Waals surface area contributed by atoms with Crippen LogP contribution in [0.3, 0.4) is 0 Å². The van der Waals surface area contributed by atoms with Crippen molar-refractivity contribution in [2.24, 2.45) is 0 Å². The molecule has 4 nitrogen and oxygen atoms in total. The van der Waals surface area contributed by atoms with Crippen LogP contribution in [0.2, 0.25) is 10.0 Å². The second kappa shape index (κ2) is 29.2. The van der Waals surface area contributed by atoms with Gasteiger partial charge in [0.15, 0.2) is 0 Å². The molecule has 312 valence electrons. The summed E-state index contributed by atoms with van der Waals surface area (Å²) in [6.45, 7) is 10.1. The molecule has 57 heavy (non-hydrogen) atoms. The van der Waals surface area contributed by atoms with Crippen molar-refractivity contribution in [3.8, 4) is 11.5 Å². The van der Waals surface area contributed by atoms with Gasteiger partial charge in [-0.2, -0.15) is 0 Å². The minimum Gasteiger partial charge on any atom is -0.501 e. The monoisotopic (exact) mass is 819 g/mol. The van der Waals surface area contributed by atoms with Crippen molar-refractivity contribution in [2.45, 2.75) is 161 Å². The predicted molar refractivity (Wildman–Crippen MR) is 242 cm³/mol. The molecule has 0 bridgehead atoms. The second-order valence-corrected chi connectivity index (χ2v) is 16.7. The average Bonchev–Trinajstić information content (AvgIpc) is 3.19. The van der Waals surface area contributed by atoms with Crippen molar-refractivity contribution in [1.29, 1.82) is 0 Å². The van der Waals surface area contributed by atoms with Crippen molar-refractivity contribution >= 4 is 30.5 Å². The fraction of sp³-hybridized carbons (Fsp3) is 0.510. The normalized spacial score (nSPS) is 11.8. The van der Waals surface area contributed by atoms with Crippen LogP contribution in [-0.2, 0) is 11.2 Å². The van der Waals surface area contributed by atoms with E-state index in [1.807, 2.05) is 6.07 Å². The van der Waals surface area contributed by atoms with Gasteiger partial charge in [0.25, 0.3) is 0 Å². The zero-order valence-electron chi connectivity index (χ0n) is 35.3. The summed E-state index contributed by atoms with van der Waals surface area (Å²) in [5.74, 6) is 0.668. The Kier molecular flexibility index (Phi) is 24.8. The van der Waals surface area contributed by atoms with Gasteiger partial charge >= 0.3 is 7.32 Å². The van der Waals surface area contributed by atoms with Crippen LogP contribution in [-0.4, -0.2) is 12.9 Å². The first-order chi connectivity index (χ1) is 27.7. The van der Waals surface area contributed by atoms with Gasteiger partial charge in [-0.05, 0) is 86.3 Å². The third-order valence-electron chi connectivity index (χ3n) is 10.1. The van der Waals surface area contributed by atoms with Crippen molar-refractivity contribution in [2.75, 3.05) is 0 Å². The summed E-state index contributed by atoms with van der Waals surface area (Å²) in [5, 5.41) is 4.78. The third kappa shape index (κ3) is 22.6. The van der Waals surface area contributed by atoms with E-state index in [1.165, 1.54) is 108 Å². The number of halogens is 3. The van der Waals surface area contributed by atoms with Crippen LogP contribution in [0.15, 0.2) is 103 Å². The maximum absolute atomic E-state index is 13.9. The zero-order chi connectivity index (χ0) is 41.0. The second-order valence-electron chi connectivity index (χ2n) is 15.8. The van der Waals surface area contributed by atoms with Gasteiger partial charge in [0.1, 0.15) is 17.3 Å². The Morgan fingerprint density at radius 3 is 1.63 bits per heavy atom. The average molecular weight is 821 g/mol. The summed E-state index contributed by atoms with van der Waals surface area (Å²) >= 11 is 12.2. The molecule has 1 atom stereocenters. The molecule has 0 aliphatic rings. The molecule has 0 aliphatic heterocycles. The maximum Gasteiger partial charge on any atom is 0.788 e. The van der Waals surface area contributed by atoms with Gasteiger partial charge < -0.3 is 19.3 Å². The van der Waals surface area contributed by atoms with Gasteiger partial charge in [-0.3, -0.25) is 0 Å². The molecule has 4 aromatic rings. The van der Waals surface area contributed by atoms with Gasteiger partial charge in [0.2, 0.25) is 0 Å². The summed E-state index contributed by atoms with van der Waals surface area (Å²) < 4.78 is 32.0. The van der Waals surface area contributed by atoms with Crippen LogP contribution in [0.1, 0.15) is 161 Å². The lowest BCUT2D eigenvalue weighted by Crippen LogP contribution is -2.38. The molecule has 1 unspecified atom stereocenters. The van der Waals surface area contributed by atoms with Crippen molar-refractivity contribution in [3.05, 3.63) is 130 Å². The van der Waals surface area contributed by atoms with E-state index in [0.29, 0.717) is 28.0 Å². The highest BCUT2D eigenvalue weighted by Gasteiger charge is 2.32. The minimum atomic E-state index is -1.09. The van der Waals surface area contributed by atoms with E-state index in [1.54, 1.807) is 54.6 Å². The molecule has 0 aromatic heterocycles. The summed E-state index contributed by atoms with van der Waals surface area (Å²) in [6.07, 6.45) is 23.2. The Labute approximate surface area is 355 Å². The van der Waals surface area contributed by atoms with E-state index < -0.39 is 13.4 Å². The SMILES string of the molecule is CCCCCC(OB(Oc1cccc(Cl)c1)Oc1cccc(Cl)c1)c1cccc(F)c1.CCCCCCCCCCCCCCCC(C)(C)NCc1ccccc1. The molecular formula is C49H69BCl2FNO3. The van der Waals surface area contributed by atoms with E-state index in [0.717, 1.165) is 31.4 Å². The first kappa shape index (κ1) is 48.3. The third-order valence-corrected chi connectivity index (χ3v) is 10.6. The molecule has 0 heterocycles. The predicted octanol–water partition coefficient (Wildman–Crippen LogP) is 15.9. The smallest absolute Gasteiger partial charge is 0.501 e. The molecule has 0 saturated carbocycles. The number of rotatable bonds is 28. The van der Waals surface area contributed by atoms with Crippen molar-refractivity contribution < 1.29 is 18.4 Å². The number of benzene rings is 4. The molecule has 0 saturated heterocycles. The lowest BCUT2D eigenvalue weighted by Gasteiger charge is -2.26. The summed E-state index contributed by atoms with van der Waals surface area (Å²) in [5.41, 5.74) is 2.35. The fourth-order valence-corrected chi connectivity index (χ4v) is 7.09. The first-order valence-electron chi connectivity index (χ1n) is 21.7. The molecule has 0 fully saturated rings. The highest BCUT2D eigenvalue weighted by molar-refractivity contribution is 6.39. The molecule has 4 rings (SSSR count). The van der Waals surface area contributed by atoms with Gasteiger partial charge in [-0.1, -0.05) is 194 Å². The molecule has 0 amide bonds. The van der Waals surface area contributed by atoms with Gasteiger partial charge in [-0.25, -0.2) is 4.39 Å². The number of nitrogens with one attached hydrogen (secondary N) is 1. The van der Waals surface area contributed by atoms with Crippen LogP contribution in [0.4, 0.5) is 4.39 Å². The van der Waals surface area contributed by atoms with Crippen LogP contribution in [0, 0.1) is 5.82 Å². The summed E-state index contributed by atoms with van der Waals surface area (Å²) in [7, 11) is -1.09. The van der Waals surface area contributed by atoms with Crippen LogP contribution >= 0.6 is 23.2 Å². The van der Waals surface area contributed by atoms with Crippen molar-refractivity contribution in [1.82, 2.24) is 5.32 Å². The highest BCUT2D eigenvalue weighted by Crippen LogP contribution is 2.29. The Balaban J connectivity index is 0.000000311. The molecule has 1 N–H and O–H groups in total. The van der Waals surface area contributed by atoms with Crippen LogP contribution in [0.5, 0.6) is 11.5 Å². The minimum absolute atomic E-state index is 0.244. The van der Waals surface area contributed by atoms with Crippen LogP contribution in [0.25, 0.3) is 0 Å². The fourth-order valence-electron chi connectivity index (χ4n) is 6.73. The Bertz CT molecular complexity index is 1560. The molecule has 0 radical (unpaired) electrons. The largest absolute Gasteiger partial charge is 0.788 e. The van der Waals surface area contributed by atoms with Gasteiger partial charge in [-0.15, -0.1) is 0 Å². The topological polar surface area (TPSA) is 39.7 Å². The van der Waals surface area contributed by atoms with Gasteiger partial charge in [0.05, 0.1) is 6.10 Å². The summed E-state index contributed by atoms with van der Waals surface area (Å²) in [4.78, 5) is 0. The number of hydrogen-bond donors (Lipinski definition) is 1. The quantitative estimate of drug-likeness (QED) is 0.0458. The van der Waals surface area contributed by atoms with E-state index in [-0.39, 0.29) is 11.4 Å².